The zero-order valence-corrected chi connectivity index (χ0v) is 15.0. The van der Waals surface area contributed by atoms with Gasteiger partial charge in [-0.3, -0.25) is 9.48 Å². The fraction of sp³-hybridized carbons (Fsp3) is 0.300. The second-order valence-corrected chi connectivity index (χ2v) is 6.69. The first-order valence-electron chi connectivity index (χ1n) is 8.75. The Hall–Kier alpha value is -3.02. The van der Waals surface area contributed by atoms with E-state index in [1.54, 1.807) is 6.92 Å². The molecule has 0 aliphatic carbocycles. The number of hydrogen-bond donors (Lipinski definition) is 0. The zero-order valence-electron chi connectivity index (χ0n) is 15.0. The maximum atomic E-state index is 11.7. The van der Waals surface area contributed by atoms with Crippen molar-refractivity contribution < 1.29 is 4.79 Å². The van der Waals surface area contributed by atoms with Gasteiger partial charge in [-0.05, 0) is 11.1 Å². The minimum Gasteiger partial charge on any atom is -0.338 e. The molecule has 0 N–H and O–H groups in total. The van der Waals surface area contributed by atoms with Gasteiger partial charge in [-0.25, -0.2) is 9.97 Å². The summed E-state index contributed by atoms with van der Waals surface area (Å²) in [6.07, 6.45) is 6.79. The molecule has 3 aromatic rings. The summed E-state index contributed by atoms with van der Waals surface area (Å²) in [5.41, 5.74) is 6.81. The Morgan fingerprint density at radius 1 is 1.12 bits per heavy atom. The van der Waals surface area contributed by atoms with Crippen molar-refractivity contribution >= 4 is 5.91 Å². The van der Waals surface area contributed by atoms with Gasteiger partial charge in [-0.15, -0.1) is 0 Å². The van der Waals surface area contributed by atoms with Crippen LogP contribution >= 0.6 is 0 Å². The van der Waals surface area contributed by atoms with Gasteiger partial charge >= 0.3 is 0 Å². The minimum absolute atomic E-state index is 0.125. The molecule has 1 aliphatic heterocycles. The Morgan fingerprint density at radius 3 is 2.54 bits per heavy atom. The second kappa shape index (κ2) is 6.71. The van der Waals surface area contributed by atoms with E-state index >= 15 is 0 Å². The number of rotatable bonds is 3. The summed E-state index contributed by atoms with van der Waals surface area (Å²) < 4.78 is 1.97. The average Bonchev–Trinajstić information content (AvgIpc) is 2.98. The van der Waals surface area contributed by atoms with Gasteiger partial charge in [0.25, 0.3) is 0 Å². The van der Waals surface area contributed by atoms with Crippen molar-refractivity contribution in [2.45, 2.75) is 26.3 Å². The summed E-state index contributed by atoms with van der Waals surface area (Å²) in [6.45, 7) is 3.06. The smallest absolute Gasteiger partial charge is 0.219 e. The molecular weight excluding hydrogens is 326 g/mol. The predicted molar refractivity (Wildman–Crippen MR) is 98.3 cm³/mol. The Labute approximate surface area is 152 Å². The van der Waals surface area contributed by atoms with E-state index in [-0.39, 0.29) is 5.91 Å². The van der Waals surface area contributed by atoms with E-state index < -0.39 is 0 Å². The lowest BCUT2D eigenvalue weighted by Crippen LogP contribution is -2.34. The molecule has 6 heteroatoms. The fourth-order valence-electron chi connectivity index (χ4n) is 3.54. The molecule has 3 heterocycles. The minimum atomic E-state index is 0.125. The standard InChI is InChI=1S/C20H21N5O/c1-14(26)25-8-7-20-18(12-25)19(23-24(20)2)9-15-3-5-16(6-4-15)17-10-21-13-22-11-17/h3-6,10-11,13H,7-9,12H2,1-2H3. The van der Waals surface area contributed by atoms with Crippen LogP contribution in [0.4, 0.5) is 0 Å². The molecule has 0 unspecified atom stereocenters. The van der Waals surface area contributed by atoms with Crippen LogP contribution in [0, 0.1) is 0 Å². The SMILES string of the molecule is CC(=O)N1CCc2c(c(Cc3ccc(-c4cncnc4)cc3)nn2C)C1. The topological polar surface area (TPSA) is 63.9 Å². The van der Waals surface area contributed by atoms with E-state index in [0.29, 0.717) is 6.54 Å². The van der Waals surface area contributed by atoms with Crippen LogP contribution in [0.3, 0.4) is 0 Å². The number of fused-ring (bicyclic) bond motifs is 1. The van der Waals surface area contributed by atoms with E-state index in [1.807, 2.05) is 29.0 Å². The number of carbonyl (C=O) groups excluding carboxylic acids is 1. The molecule has 2 aromatic heterocycles. The van der Waals surface area contributed by atoms with Crippen molar-refractivity contribution in [1.82, 2.24) is 24.6 Å². The van der Waals surface area contributed by atoms with Crippen molar-refractivity contribution in [1.29, 1.82) is 0 Å². The maximum Gasteiger partial charge on any atom is 0.219 e. The summed E-state index contributed by atoms with van der Waals surface area (Å²) in [5, 5.41) is 4.72. The monoisotopic (exact) mass is 347 g/mol. The molecule has 0 saturated carbocycles. The highest BCUT2D eigenvalue weighted by molar-refractivity contribution is 5.73. The molecular formula is C20H21N5O. The highest BCUT2D eigenvalue weighted by Gasteiger charge is 2.25. The Bertz CT molecular complexity index is 931. The van der Waals surface area contributed by atoms with Gasteiger partial charge in [-0.2, -0.15) is 5.10 Å². The lowest BCUT2D eigenvalue weighted by molar-refractivity contribution is -0.129. The molecule has 4 rings (SSSR count). The van der Waals surface area contributed by atoms with E-state index in [0.717, 1.165) is 36.2 Å². The molecule has 0 fully saturated rings. The van der Waals surface area contributed by atoms with Crippen LogP contribution in [-0.2, 0) is 31.2 Å². The van der Waals surface area contributed by atoms with Gasteiger partial charge in [-0.1, -0.05) is 24.3 Å². The van der Waals surface area contributed by atoms with Crippen LogP contribution in [0.1, 0.15) is 29.4 Å². The third kappa shape index (κ3) is 3.10. The quantitative estimate of drug-likeness (QED) is 0.730. The summed E-state index contributed by atoms with van der Waals surface area (Å²) in [6, 6.07) is 8.42. The van der Waals surface area contributed by atoms with Gasteiger partial charge in [0.2, 0.25) is 5.91 Å². The van der Waals surface area contributed by atoms with E-state index in [1.165, 1.54) is 23.1 Å². The number of aryl methyl sites for hydroxylation is 1. The number of nitrogens with zero attached hydrogens (tertiary/aromatic N) is 5. The van der Waals surface area contributed by atoms with Gasteiger partial charge in [0, 0.05) is 69.1 Å². The lowest BCUT2D eigenvalue weighted by atomic mass is 9.99. The normalized spacial score (nSPS) is 13.5. The fourth-order valence-corrected chi connectivity index (χ4v) is 3.54. The Balaban J connectivity index is 1.58. The van der Waals surface area contributed by atoms with Crippen molar-refractivity contribution in [3.63, 3.8) is 0 Å². The Kier molecular flexibility index (Phi) is 4.24. The summed E-state index contributed by atoms with van der Waals surface area (Å²) in [7, 11) is 1.99. The second-order valence-electron chi connectivity index (χ2n) is 6.69. The molecule has 1 aliphatic rings. The number of hydrogen-bond acceptors (Lipinski definition) is 4. The Morgan fingerprint density at radius 2 is 1.85 bits per heavy atom. The largest absolute Gasteiger partial charge is 0.338 e. The highest BCUT2D eigenvalue weighted by Crippen LogP contribution is 2.25. The first-order chi connectivity index (χ1) is 12.6. The lowest BCUT2D eigenvalue weighted by Gasteiger charge is -2.26. The van der Waals surface area contributed by atoms with Crippen molar-refractivity contribution in [3.05, 3.63) is 65.5 Å². The molecule has 1 aromatic carbocycles. The third-order valence-corrected chi connectivity index (χ3v) is 4.99. The molecule has 0 radical (unpaired) electrons. The van der Waals surface area contributed by atoms with Gasteiger partial charge in [0.1, 0.15) is 6.33 Å². The van der Waals surface area contributed by atoms with Crippen LogP contribution in [0.15, 0.2) is 43.0 Å². The molecule has 26 heavy (non-hydrogen) atoms. The highest BCUT2D eigenvalue weighted by atomic mass is 16.2. The van der Waals surface area contributed by atoms with Crippen LogP contribution in [0.2, 0.25) is 0 Å². The van der Waals surface area contributed by atoms with E-state index in [4.69, 9.17) is 5.10 Å². The molecule has 0 atom stereocenters. The first-order valence-corrected chi connectivity index (χ1v) is 8.75. The van der Waals surface area contributed by atoms with Gasteiger partial charge in [0.15, 0.2) is 0 Å². The number of benzene rings is 1. The van der Waals surface area contributed by atoms with Crippen LogP contribution < -0.4 is 0 Å². The van der Waals surface area contributed by atoms with Gasteiger partial charge < -0.3 is 4.90 Å². The maximum absolute atomic E-state index is 11.7. The molecule has 0 saturated heterocycles. The van der Waals surface area contributed by atoms with Crippen LogP contribution in [0.25, 0.3) is 11.1 Å². The van der Waals surface area contributed by atoms with Crippen molar-refractivity contribution in [2.75, 3.05) is 6.54 Å². The van der Waals surface area contributed by atoms with Crippen molar-refractivity contribution in [3.8, 4) is 11.1 Å². The third-order valence-electron chi connectivity index (χ3n) is 4.99. The van der Waals surface area contributed by atoms with Crippen LogP contribution in [-0.4, -0.2) is 37.1 Å². The molecule has 0 spiro atoms. The number of aromatic nitrogens is 4. The van der Waals surface area contributed by atoms with E-state index in [2.05, 4.69) is 34.2 Å². The first kappa shape index (κ1) is 16.4. The number of carbonyl (C=O) groups is 1. The summed E-state index contributed by atoms with van der Waals surface area (Å²) in [5.74, 6) is 0.125. The van der Waals surface area contributed by atoms with Crippen LogP contribution in [0.5, 0.6) is 0 Å². The number of amides is 1. The molecule has 1 amide bonds. The average molecular weight is 347 g/mol. The van der Waals surface area contributed by atoms with Gasteiger partial charge in [0.05, 0.1) is 5.69 Å². The molecule has 132 valence electrons. The van der Waals surface area contributed by atoms with Crippen molar-refractivity contribution in [2.24, 2.45) is 7.05 Å². The molecule has 0 bridgehead atoms. The van der Waals surface area contributed by atoms with E-state index in [9.17, 15) is 4.79 Å². The summed E-state index contributed by atoms with van der Waals surface area (Å²) in [4.78, 5) is 21.8. The zero-order chi connectivity index (χ0) is 18.1. The molecule has 6 nitrogen and oxygen atoms in total. The predicted octanol–water partition coefficient (Wildman–Crippen LogP) is 2.37. The summed E-state index contributed by atoms with van der Waals surface area (Å²) >= 11 is 0.